The van der Waals surface area contributed by atoms with Gasteiger partial charge in [-0.05, 0) is 19.4 Å². The van der Waals surface area contributed by atoms with E-state index in [-0.39, 0.29) is 6.61 Å². The lowest BCUT2D eigenvalue weighted by atomic mass is 10.1. The first kappa shape index (κ1) is 16.8. The highest BCUT2D eigenvalue weighted by atomic mass is 16.7. The molecule has 0 saturated carbocycles. The summed E-state index contributed by atoms with van der Waals surface area (Å²) < 4.78 is 10.6. The van der Waals surface area contributed by atoms with Crippen LogP contribution >= 0.6 is 0 Å². The molecule has 4 atom stereocenters. The molecule has 1 saturated heterocycles. The van der Waals surface area contributed by atoms with E-state index in [1.54, 1.807) is 0 Å². The normalized spacial score (nSPS) is 30.9. The first-order valence-electron chi connectivity index (χ1n) is 7.14. The molecule has 0 aliphatic carbocycles. The number of nitrogens with two attached hydrogens (primary N) is 1. The van der Waals surface area contributed by atoms with Crippen molar-refractivity contribution in [2.45, 2.75) is 63.1 Å². The third kappa shape index (κ3) is 5.72. The van der Waals surface area contributed by atoms with Gasteiger partial charge in [0.1, 0.15) is 18.3 Å². The van der Waals surface area contributed by atoms with Gasteiger partial charge in [-0.2, -0.15) is 0 Å². The zero-order valence-electron chi connectivity index (χ0n) is 11.4. The summed E-state index contributed by atoms with van der Waals surface area (Å²) in [7, 11) is 0. The summed E-state index contributed by atoms with van der Waals surface area (Å²) in [5.74, 6) is 0. The van der Waals surface area contributed by atoms with Gasteiger partial charge in [0.15, 0.2) is 6.29 Å². The number of hydrogen-bond donors (Lipinski definition) is 4. The van der Waals surface area contributed by atoms with Gasteiger partial charge in [-0.25, -0.2) is 0 Å². The fourth-order valence-corrected chi connectivity index (χ4v) is 2.16. The summed E-state index contributed by atoms with van der Waals surface area (Å²) >= 11 is 0. The minimum atomic E-state index is -1.08. The summed E-state index contributed by atoms with van der Waals surface area (Å²) in [6, 6.07) is 0. The topological polar surface area (TPSA) is 105 Å². The molecule has 0 amide bonds. The van der Waals surface area contributed by atoms with Crippen LogP contribution in [0.4, 0.5) is 0 Å². The Morgan fingerprint density at radius 2 is 1.58 bits per heavy atom. The fraction of sp³-hybridized carbons (Fsp3) is 1.00. The molecule has 19 heavy (non-hydrogen) atoms. The van der Waals surface area contributed by atoms with Gasteiger partial charge in [-0.3, -0.25) is 0 Å². The van der Waals surface area contributed by atoms with Crippen LogP contribution in [0.15, 0.2) is 0 Å². The SMILES string of the molecule is NCCCCCCCCO[C@@H]1O[C@H](CO)[C@@H](O)[C@@H]1O. The van der Waals surface area contributed by atoms with Gasteiger partial charge in [0.05, 0.1) is 6.61 Å². The first-order valence-corrected chi connectivity index (χ1v) is 7.14. The highest BCUT2D eigenvalue weighted by molar-refractivity contribution is 4.86. The second-order valence-corrected chi connectivity index (χ2v) is 4.99. The predicted octanol–water partition coefficient (Wildman–Crippen LogP) is -0.259. The Morgan fingerprint density at radius 3 is 2.16 bits per heavy atom. The fourth-order valence-electron chi connectivity index (χ4n) is 2.16. The van der Waals surface area contributed by atoms with E-state index in [1.165, 1.54) is 12.8 Å². The van der Waals surface area contributed by atoms with E-state index in [4.69, 9.17) is 20.3 Å². The average molecular weight is 277 g/mol. The Labute approximate surface area is 114 Å². The van der Waals surface area contributed by atoms with Crippen molar-refractivity contribution in [2.75, 3.05) is 19.8 Å². The molecular weight excluding hydrogens is 250 g/mol. The first-order chi connectivity index (χ1) is 9.20. The Morgan fingerprint density at radius 1 is 0.947 bits per heavy atom. The molecule has 5 N–H and O–H groups in total. The van der Waals surface area contributed by atoms with E-state index in [1.807, 2.05) is 0 Å². The van der Waals surface area contributed by atoms with Crippen LogP contribution in [0.3, 0.4) is 0 Å². The largest absolute Gasteiger partial charge is 0.394 e. The summed E-state index contributed by atoms with van der Waals surface area (Å²) in [5, 5.41) is 28.1. The van der Waals surface area contributed by atoms with Crippen LogP contribution in [0.1, 0.15) is 38.5 Å². The van der Waals surface area contributed by atoms with Crippen LogP contribution in [0.5, 0.6) is 0 Å². The number of hydrogen-bond acceptors (Lipinski definition) is 6. The summed E-state index contributed by atoms with van der Waals surface area (Å²) in [6.07, 6.45) is 2.82. The third-order valence-electron chi connectivity index (χ3n) is 3.38. The molecule has 1 heterocycles. The van der Waals surface area contributed by atoms with Crippen LogP contribution in [-0.4, -0.2) is 59.7 Å². The number of ether oxygens (including phenoxy) is 2. The quantitative estimate of drug-likeness (QED) is 0.410. The van der Waals surface area contributed by atoms with E-state index >= 15 is 0 Å². The average Bonchev–Trinajstić information content (AvgIpc) is 2.69. The van der Waals surface area contributed by atoms with Gasteiger partial charge in [0, 0.05) is 6.61 Å². The highest BCUT2D eigenvalue weighted by Crippen LogP contribution is 2.22. The summed E-state index contributed by atoms with van der Waals surface area (Å²) in [4.78, 5) is 0. The molecule has 1 aliphatic heterocycles. The smallest absolute Gasteiger partial charge is 0.186 e. The number of aliphatic hydroxyl groups excluding tert-OH is 3. The van der Waals surface area contributed by atoms with Crippen molar-refractivity contribution in [1.82, 2.24) is 0 Å². The van der Waals surface area contributed by atoms with Crippen molar-refractivity contribution in [3.63, 3.8) is 0 Å². The van der Waals surface area contributed by atoms with Gasteiger partial charge in [-0.1, -0.05) is 25.7 Å². The van der Waals surface area contributed by atoms with Crippen molar-refractivity contribution >= 4 is 0 Å². The molecule has 114 valence electrons. The van der Waals surface area contributed by atoms with Crippen molar-refractivity contribution in [3.05, 3.63) is 0 Å². The number of aliphatic hydroxyl groups is 3. The lowest BCUT2D eigenvalue weighted by Crippen LogP contribution is -2.34. The zero-order chi connectivity index (χ0) is 14.1. The third-order valence-corrected chi connectivity index (χ3v) is 3.38. The maximum absolute atomic E-state index is 9.64. The molecule has 0 radical (unpaired) electrons. The number of unbranched alkanes of at least 4 members (excludes halogenated alkanes) is 5. The Balaban J connectivity index is 2.01. The predicted molar refractivity (Wildman–Crippen MR) is 70.5 cm³/mol. The van der Waals surface area contributed by atoms with Crippen molar-refractivity contribution < 1.29 is 24.8 Å². The lowest BCUT2D eigenvalue weighted by Gasteiger charge is -2.15. The van der Waals surface area contributed by atoms with Gasteiger partial charge < -0.3 is 30.5 Å². The van der Waals surface area contributed by atoms with E-state index < -0.39 is 24.6 Å². The van der Waals surface area contributed by atoms with E-state index in [0.29, 0.717) is 6.61 Å². The highest BCUT2D eigenvalue weighted by Gasteiger charge is 2.42. The molecule has 0 aromatic rings. The zero-order valence-corrected chi connectivity index (χ0v) is 11.4. The van der Waals surface area contributed by atoms with Crippen LogP contribution in [0, 0.1) is 0 Å². The van der Waals surface area contributed by atoms with Crippen molar-refractivity contribution in [2.24, 2.45) is 5.73 Å². The standard InChI is InChI=1S/C13H27NO5/c14-7-5-3-1-2-4-6-8-18-13-12(17)11(16)10(9-15)19-13/h10-13,15-17H,1-9,14H2/t10-,11-,12+,13-/m1/s1. The summed E-state index contributed by atoms with van der Waals surface area (Å²) in [6.45, 7) is 0.928. The molecule has 0 bridgehead atoms. The van der Waals surface area contributed by atoms with Crippen LogP contribution in [0.25, 0.3) is 0 Å². The molecule has 0 unspecified atom stereocenters. The van der Waals surface area contributed by atoms with Crippen molar-refractivity contribution in [1.29, 1.82) is 0 Å². The Kier molecular flexibility index (Phi) is 8.52. The molecule has 1 aliphatic rings. The molecule has 0 aromatic heterocycles. The molecule has 0 aromatic carbocycles. The number of rotatable bonds is 10. The van der Waals surface area contributed by atoms with Gasteiger partial charge in [0.25, 0.3) is 0 Å². The minimum Gasteiger partial charge on any atom is -0.394 e. The Bertz CT molecular complexity index is 229. The molecular formula is C13H27NO5. The van der Waals surface area contributed by atoms with Gasteiger partial charge in [-0.15, -0.1) is 0 Å². The van der Waals surface area contributed by atoms with Crippen LogP contribution in [-0.2, 0) is 9.47 Å². The van der Waals surface area contributed by atoms with Gasteiger partial charge >= 0.3 is 0 Å². The van der Waals surface area contributed by atoms with Crippen LogP contribution in [0.2, 0.25) is 0 Å². The molecule has 1 rings (SSSR count). The molecule has 0 spiro atoms. The Hall–Kier alpha value is -0.240. The second kappa shape index (κ2) is 9.63. The minimum absolute atomic E-state index is 0.320. The maximum atomic E-state index is 9.64. The van der Waals surface area contributed by atoms with Gasteiger partial charge in [0.2, 0.25) is 0 Å². The second-order valence-electron chi connectivity index (χ2n) is 4.99. The van der Waals surface area contributed by atoms with Crippen molar-refractivity contribution in [3.8, 4) is 0 Å². The molecule has 1 fully saturated rings. The van der Waals surface area contributed by atoms with E-state index in [9.17, 15) is 10.2 Å². The maximum Gasteiger partial charge on any atom is 0.186 e. The van der Waals surface area contributed by atoms with Crippen LogP contribution < -0.4 is 5.73 Å². The molecule has 6 nitrogen and oxygen atoms in total. The monoisotopic (exact) mass is 277 g/mol. The lowest BCUT2D eigenvalue weighted by molar-refractivity contribution is -0.169. The van der Waals surface area contributed by atoms with E-state index in [2.05, 4.69) is 0 Å². The molecule has 6 heteroatoms. The summed E-state index contributed by atoms with van der Waals surface area (Å²) in [5.41, 5.74) is 5.41. The van der Waals surface area contributed by atoms with E-state index in [0.717, 1.165) is 32.2 Å².